The van der Waals surface area contributed by atoms with Gasteiger partial charge in [0.25, 0.3) is 0 Å². The van der Waals surface area contributed by atoms with Crippen molar-refractivity contribution in [2.75, 3.05) is 13.1 Å². The van der Waals surface area contributed by atoms with Crippen LogP contribution < -0.4 is 0 Å². The first kappa shape index (κ1) is 13.8. The van der Waals surface area contributed by atoms with Crippen LogP contribution in [0.15, 0.2) is 23.1 Å². The van der Waals surface area contributed by atoms with E-state index in [1.165, 1.54) is 0 Å². The molecule has 0 radical (unpaired) electrons. The molecule has 0 saturated carbocycles. The Balaban J connectivity index is 2.35. The smallest absolute Gasteiger partial charge is 0.207 e. The quantitative estimate of drug-likeness (QED) is 0.802. The Hall–Kier alpha value is -0.580. The first-order valence-electron chi connectivity index (χ1n) is 6.11. The third-order valence-corrected chi connectivity index (χ3v) is 5.64. The highest BCUT2D eigenvalue weighted by atomic mass is 35.5. The van der Waals surface area contributed by atoms with E-state index in [0.29, 0.717) is 29.8 Å². The van der Waals surface area contributed by atoms with Crippen molar-refractivity contribution in [1.82, 2.24) is 4.31 Å². The van der Waals surface area contributed by atoms with Crippen LogP contribution in [0.2, 0.25) is 0 Å². The number of hydrogen-bond acceptors (Lipinski definition) is 2. The zero-order valence-electron chi connectivity index (χ0n) is 10.7. The molecule has 1 heterocycles. The number of sulfonamides is 1. The Morgan fingerprint density at radius 2 is 2.17 bits per heavy atom. The zero-order valence-corrected chi connectivity index (χ0v) is 12.3. The Morgan fingerprint density at radius 1 is 1.44 bits per heavy atom. The van der Waals surface area contributed by atoms with E-state index in [-0.39, 0.29) is 0 Å². The molecule has 1 aliphatic heterocycles. The topological polar surface area (TPSA) is 37.4 Å². The fraction of sp³-hybridized carbons (Fsp3) is 0.538. The van der Waals surface area contributed by atoms with Gasteiger partial charge >= 0.3 is 0 Å². The van der Waals surface area contributed by atoms with E-state index < -0.39 is 10.0 Å². The highest BCUT2D eigenvalue weighted by molar-refractivity contribution is 7.89. The summed E-state index contributed by atoms with van der Waals surface area (Å²) in [5.41, 5.74) is 1.91. The Labute approximate surface area is 114 Å². The summed E-state index contributed by atoms with van der Waals surface area (Å²) in [5, 5.41) is 0. The molecule has 2 rings (SSSR count). The van der Waals surface area contributed by atoms with E-state index >= 15 is 0 Å². The van der Waals surface area contributed by atoms with Crippen LogP contribution in [-0.2, 0) is 15.9 Å². The lowest BCUT2D eigenvalue weighted by molar-refractivity contribution is 0.464. The molecule has 5 heteroatoms. The van der Waals surface area contributed by atoms with Crippen molar-refractivity contribution in [3.05, 3.63) is 29.3 Å². The van der Waals surface area contributed by atoms with Gasteiger partial charge < -0.3 is 0 Å². The van der Waals surface area contributed by atoms with Crippen molar-refractivity contribution in [3.8, 4) is 0 Å². The molecule has 3 nitrogen and oxygen atoms in total. The minimum absolute atomic E-state index is 0.339. The molecule has 0 bridgehead atoms. The van der Waals surface area contributed by atoms with Gasteiger partial charge in [0.1, 0.15) is 0 Å². The van der Waals surface area contributed by atoms with Crippen molar-refractivity contribution in [2.24, 2.45) is 5.92 Å². The van der Waals surface area contributed by atoms with Crippen LogP contribution in [-0.4, -0.2) is 25.8 Å². The number of benzene rings is 1. The SMILES string of the molecule is Cc1ccc(S(=O)(=O)N2CCC(C)C2)cc1CCl. The summed E-state index contributed by atoms with van der Waals surface area (Å²) in [5.74, 6) is 0.781. The lowest BCUT2D eigenvalue weighted by Crippen LogP contribution is -2.28. The van der Waals surface area contributed by atoms with Gasteiger partial charge in [-0.2, -0.15) is 4.31 Å². The summed E-state index contributed by atoms with van der Waals surface area (Å²) >= 11 is 5.83. The second kappa shape index (κ2) is 5.19. The molecule has 1 aromatic carbocycles. The number of alkyl halides is 1. The van der Waals surface area contributed by atoms with Gasteiger partial charge in [0.05, 0.1) is 4.90 Å². The highest BCUT2D eigenvalue weighted by Gasteiger charge is 2.30. The number of hydrogen-bond donors (Lipinski definition) is 0. The summed E-state index contributed by atoms with van der Waals surface area (Å²) in [6, 6.07) is 5.19. The summed E-state index contributed by atoms with van der Waals surface area (Å²) < 4.78 is 26.5. The van der Waals surface area contributed by atoms with E-state index in [2.05, 4.69) is 6.92 Å². The van der Waals surface area contributed by atoms with E-state index in [1.807, 2.05) is 13.0 Å². The molecule has 0 aromatic heterocycles. The number of nitrogens with zero attached hydrogens (tertiary/aromatic N) is 1. The van der Waals surface area contributed by atoms with Crippen LogP contribution in [0.25, 0.3) is 0 Å². The minimum Gasteiger partial charge on any atom is -0.207 e. The fourth-order valence-corrected chi connectivity index (χ4v) is 4.13. The van der Waals surface area contributed by atoms with Crippen molar-refractivity contribution in [3.63, 3.8) is 0 Å². The molecule has 18 heavy (non-hydrogen) atoms. The standard InChI is InChI=1S/C13H18ClNO2S/c1-10-5-6-15(9-10)18(16,17)13-4-3-11(2)12(7-13)8-14/h3-4,7,10H,5-6,8-9H2,1-2H3. The van der Waals surface area contributed by atoms with Gasteiger partial charge in [0.2, 0.25) is 10.0 Å². The molecular weight excluding hydrogens is 270 g/mol. The van der Waals surface area contributed by atoms with Gasteiger partial charge in [0, 0.05) is 19.0 Å². The van der Waals surface area contributed by atoms with Crippen LogP contribution >= 0.6 is 11.6 Å². The maximum absolute atomic E-state index is 12.4. The Bertz CT molecular complexity index is 542. The molecular formula is C13H18ClNO2S. The van der Waals surface area contributed by atoms with Gasteiger partial charge in [-0.3, -0.25) is 0 Å². The average molecular weight is 288 g/mol. The Morgan fingerprint density at radius 3 is 2.72 bits per heavy atom. The third-order valence-electron chi connectivity index (χ3n) is 3.49. The predicted molar refractivity (Wildman–Crippen MR) is 73.3 cm³/mol. The number of aryl methyl sites for hydroxylation is 1. The maximum atomic E-state index is 12.4. The monoisotopic (exact) mass is 287 g/mol. The molecule has 100 valence electrons. The molecule has 1 saturated heterocycles. The first-order valence-corrected chi connectivity index (χ1v) is 8.08. The van der Waals surface area contributed by atoms with Gasteiger partial charge in [-0.1, -0.05) is 13.0 Å². The van der Waals surface area contributed by atoms with Gasteiger partial charge in [-0.25, -0.2) is 8.42 Å². The van der Waals surface area contributed by atoms with Gasteiger partial charge in [-0.15, -0.1) is 11.6 Å². The minimum atomic E-state index is -3.35. The molecule has 1 atom stereocenters. The van der Waals surface area contributed by atoms with Crippen LogP contribution in [0.5, 0.6) is 0 Å². The van der Waals surface area contributed by atoms with Crippen LogP contribution in [0.4, 0.5) is 0 Å². The second-order valence-corrected chi connectivity index (χ2v) is 7.18. The first-order chi connectivity index (χ1) is 8.45. The summed E-state index contributed by atoms with van der Waals surface area (Å²) in [4.78, 5) is 0.359. The fourth-order valence-electron chi connectivity index (χ4n) is 2.21. The van der Waals surface area contributed by atoms with E-state index in [1.54, 1.807) is 16.4 Å². The van der Waals surface area contributed by atoms with Crippen molar-refractivity contribution in [1.29, 1.82) is 0 Å². The highest BCUT2D eigenvalue weighted by Crippen LogP contribution is 2.25. The average Bonchev–Trinajstić information content (AvgIpc) is 2.77. The van der Waals surface area contributed by atoms with Crippen LogP contribution in [0.3, 0.4) is 0 Å². The Kier molecular flexibility index (Phi) is 3.99. The predicted octanol–water partition coefficient (Wildman–Crippen LogP) is 2.76. The van der Waals surface area contributed by atoms with Crippen LogP contribution in [0, 0.1) is 12.8 Å². The van der Waals surface area contributed by atoms with Gasteiger partial charge in [0.15, 0.2) is 0 Å². The maximum Gasteiger partial charge on any atom is 0.243 e. The molecule has 1 aliphatic rings. The van der Waals surface area contributed by atoms with Crippen molar-refractivity contribution >= 4 is 21.6 Å². The molecule has 1 unspecified atom stereocenters. The van der Waals surface area contributed by atoms with Crippen molar-refractivity contribution in [2.45, 2.75) is 31.0 Å². The summed E-state index contributed by atoms with van der Waals surface area (Å²) in [7, 11) is -3.35. The van der Waals surface area contributed by atoms with Crippen molar-refractivity contribution < 1.29 is 8.42 Å². The third kappa shape index (κ3) is 2.56. The van der Waals surface area contributed by atoms with Crippen LogP contribution in [0.1, 0.15) is 24.5 Å². The molecule has 1 fully saturated rings. The lowest BCUT2D eigenvalue weighted by atomic mass is 10.1. The molecule has 0 aliphatic carbocycles. The molecule has 1 aromatic rings. The van der Waals surface area contributed by atoms with E-state index in [4.69, 9.17) is 11.6 Å². The molecule has 0 N–H and O–H groups in total. The van der Waals surface area contributed by atoms with E-state index in [0.717, 1.165) is 17.5 Å². The largest absolute Gasteiger partial charge is 0.243 e. The zero-order chi connectivity index (χ0) is 13.3. The summed E-state index contributed by atoms with van der Waals surface area (Å²) in [6.45, 7) is 5.25. The van der Waals surface area contributed by atoms with Gasteiger partial charge in [-0.05, 0) is 42.5 Å². The number of halogens is 1. The van der Waals surface area contributed by atoms with E-state index in [9.17, 15) is 8.42 Å². The normalized spacial score (nSPS) is 21.4. The number of rotatable bonds is 3. The second-order valence-electron chi connectivity index (χ2n) is 4.98. The summed E-state index contributed by atoms with van der Waals surface area (Å²) in [6.07, 6.45) is 0.938. The molecule has 0 spiro atoms. The lowest BCUT2D eigenvalue weighted by Gasteiger charge is -2.17. The molecule has 0 amide bonds.